The predicted molar refractivity (Wildman–Crippen MR) is 125 cm³/mol. The summed E-state index contributed by atoms with van der Waals surface area (Å²) in [4.78, 5) is 9.63. The van der Waals surface area contributed by atoms with Gasteiger partial charge in [-0.2, -0.15) is 5.10 Å². The zero-order chi connectivity index (χ0) is 22.2. The van der Waals surface area contributed by atoms with Crippen LogP contribution in [-0.4, -0.2) is 24.9 Å². The van der Waals surface area contributed by atoms with Gasteiger partial charge >= 0.3 is 0 Å². The number of nitrogens with one attached hydrogen (secondary N) is 1. The fourth-order valence-corrected chi connectivity index (χ4v) is 4.03. The van der Waals surface area contributed by atoms with Gasteiger partial charge in [-0.1, -0.05) is 35.0 Å². The fraction of sp³-hybridized carbons (Fsp3) is 0.167. The van der Waals surface area contributed by atoms with Crippen molar-refractivity contribution in [2.75, 3.05) is 5.32 Å². The van der Waals surface area contributed by atoms with Crippen LogP contribution in [0.1, 0.15) is 17.0 Å². The highest BCUT2D eigenvalue weighted by molar-refractivity contribution is 6.30. The summed E-state index contributed by atoms with van der Waals surface area (Å²) in [6.07, 6.45) is 3.67. The van der Waals surface area contributed by atoms with E-state index in [2.05, 4.69) is 21.6 Å². The molecule has 7 nitrogen and oxygen atoms in total. The maximum atomic E-state index is 6.16. The first-order chi connectivity index (χ1) is 15.5. The van der Waals surface area contributed by atoms with Gasteiger partial charge in [-0.25, -0.2) is 9.97 Å². The summed E-state index contributed by atoms with van der Waals surface area (Å²) in [5.41, 5.74) is 5.61. The normalized spacial score (nSPS) is 11.2. The first kappa shape index (κ1) is 20.2. The molecule has 0 aliphatic rings. The summed E-state index contributed by atoms with van der Waals surface area (Å²) in [7, 11) is 1.87. The third-order valence-corrected chi connectivity index (χ3v) is 5.56. The average molecular weight is 445 g/mol. The SMILES string of the molecule is Cc1noc(C)c1-c1ccc2nc(-c3cnn(C)c3)nc(NCc3cccc(Cl)c3)c2c1. The number of benzene rings is 2. The number of hydrogen-bond acceptors (Lipinski definition) is 6. The summed E-state index contributed by atoms with van der Waals surface area (Å²) in [6, 6.07) is 13.9. The molecule has 0 spiro atoms. The Bertz CT molecular complexity index is 1420. The van der Waals surface area contributed by atoms with Crippen LogP contribution in [0.5, 0.6) is 0 Å². The lowest BCUT2D eigenvalue weighted by atomic mass is 10.0. The quantitative estimate of drug-likeness (QED) is 0.381. The third-order valence-electron chi connectivity index (χ3n) is 5.33. The molecular weight excluding hydrogens is 424 g/mol. The molecule has 8 heteroatoms. The lowest BCUT2D eigenvalue weighted by Crippen LogP contribution is -2.04. The van der Waals surface area contributed by atoms with Gasteiger partial charge in [-0.15, -0.1) is 0 Å². The van der Waals surface area contributed by atoms with E-state index in [-0.39, 0.29) is 0 Å². The molecular formula is C24H21ClN6O. The number of hydrogen-bond donors (Lipinski definition) is 1. The summed E-state index contributed by atoms with van der Waals surface area (Å²) < 4.78 is 7.11. The van der Waals surface area contributed by atoms with Gasteiger partial charge in [0.25, 0.3) is 0 Å². The molecule has 3 aromatic heterocycles. The zero-order valence-corrected chi connectivity index (χ0v) is 18.7. The summed E-state index contributed by atoms with van der Waals surface area (Å²) >= 11 is 6.16. The topological polar surface area (TPSA) is 81.7 Å². The standard InChI is InChI=1S/C24H21ClN6O/c1-14-22(15(2)32-30-14)17-7-8-21-20(10-17)24(26-11-16-5-4-6-19(25)9-16)29-23(28-21)18-12-27-31(3)13-18/h4-10,12-13H,11H2,1-3H3,(H,26,28,29). The highest BCUT2D eigenvalue weighted by atomic mass is 35.5. The van der Waals surface area contributed by atoms with Crippen LogP contribution in [-0.2, 0) is 13.6 Å². The van der Waals surface area contributed by atoms with E-state index in [9.17, 15) is 0 Å². The molecule has 0 saturated heterocycles. The minimum absolute atomic E-state index is 0.578. The van der Waals surface area contributed by atoms with Crippen LogP contribution in [0.25, 0.3) is 33.4 Å². The molecule has 160 valence electrons. The third kappa shape index (κ3) is 3.83. The fourth-order valence-electron chi connectivity index (χ4n) is 3.81. The predicted octanol–water partition coefficient (Wildman–Crippen LogP) is 5.57. The van der Waals surface area contributed by atoms with Gasteiger partial charge in [0.2, 0.25) is 0 Å². The summed E-state index contributed by atoms with van der Waals surface area (Å²) in [6.45, 7) is 4.44. The number of rotatable bonds is 5. The van der Waals surface area contributed by atoms with E-state index in [1.165, 1.54) is 0 Å². The molecule has 0 atom stereocenters. The Morgan fingerprint density at radius 2 is 1.94 bits per heavy atom. The number of aromatic nitrogens is 5. The van der Waals surface area contributed by atoms with Crippen molar-refractivity contribution < 1.29 is 4.52 Å². The van der Waals surface area contributed by atoms with Crippen LogP contribution in [0.2, 0.25) is 5.02 Å². The van der Waals surface area contributed by atoms with Gasteiger partial charge in [-0.05, 0) is 49.2 Å². The maximum absolute atomic E-state index is 6.16. The molecule has 0 fully saturated rings. The van der Waals surface area contributed by atoms with E-state index in [4.69, 9.17) is 26.1 Å². The van der Waals surface area contributed by atoms with Gasteiger partial charge in [-0.3, -0.25) is 4.68 Å². The molecule has 0 saturated carbocycles. The van der Waals surface area contributed by atoms with Crippen molar-refractivity contribution in [1.82, 2.24) is 24.9 Å². The molecule has 0 unspecified atom stereocenters. The van der Waals surface area contributed by atoms with E-state index in [1.807, 2.05) is 63.5 Å². The second kappa shape index (κ2) is 8.09. The van der Waals surface area contributed by atoms with E-state index >= 15 is 0 Å². The van der Waals surface area contributed by atoms with Crippen molar-refractivity contribution in [2.45, 2.75) is 20.4 Å². The molecule has 1 N–H and O–H groups in total. The van der Waals surface area contributed by atoms with E-state index in [0.29, 0.717) is 17.4 Å². The number of halogens is 1. The Hall–Kier alpha value is -3.71. The van der Waals surface area contributed by atoms with Crippen molar-refractivity contribution in [3.8, 4) is 22.5 Å². The Kier molecular flexibility index (Phi) is 5.11. The van der Waals surface area contributed by atoms with E-state index in [0.717, 1.165) is 50.4 Å². The molecule has 0 aliphatic carbocycles. The van der Waals surface area contributed by atoms with Crippen molar-refractivity contribution in [1.29, 1.82) is 0 Å². The Morgan fingerprint density at radius 3 is 2.66 bits per heavy atom. The molecule has 0 radical (unpaired) electrons. The zero-order valence-electron chi connectivity index (χ0n) is 17.9. The Morgan fingerprint density at radius 1 is 1.06 bits per heavy atom. The highest BCUT2D eigenvalue weighted by Crippen LogP contribution is 2.32. The minimum Gasteiger partial charge on any atom is -0.365 e. The van der Waals surface area contributed by atoms with Crippen LogP contribution in [0.4, 0.5) is 5.82 Å². The average Bonchev–Trinajstić information content (AvgIpc) is 3.36. The summed E-state index contributed by atoms with van der Waals surface area (Å²) in [5.74, 6) is 2.13. The second-order valence-corrected chi connectivity index (χ2v) is 8.15. The Balaban J connectivity index is 1.63. The molecule has 32 heavy (non-hydrogen) atoms. The largest absolute Gasteiger partial charge is 0.365 e. The minimum atomic E-state index is 0.578. The molecule has 0 bridgehead atoms. The van der Waals surface area contributed by atoms with Gasteiger partial charge in [0.1, 0.15) is 11.6 Å². The molecule has 3 heterocycles. The molecule has 5 aromatic rings. The number of aryl methyl sites for hydroxylation is 3. The van der Waals surface area contributed by atoms with Crippen LogP contribution in [0.3, 0.4) is 0 Å². The monoisotopic (exact) mass is 444 g/mol. The molecule has 0 aliphatic heterocycles. The van der Waals surface area contributed by atoms with Gasteiger partial charge in [0, 0.05) is 35.8 Å². The molecule has 2 aromatic carbocycles. The highest BCUT2D eigenvalue weighted by Gasteiger charge is 2.16. The van der Waals surface area contributed by atoms with Crippen molar-refractivity contribution >= 4 is 28.3 Å². The second-order valence-electron chi connectivity index (χ2n) is 7.71. The maximum Gasteiger partial charge on any atom is 0.165 e. The smallest absolute Gasteiger partial charge is 0.165 e. The van der Waals surface area contributed by atoms with Crippen molar-refractivity contribution in [3.63, 3.8) is 0 Å². The lowest BCUT2D eigenvalue weighted by molar-refractivity contribution is 0.393. The summed E-state index contributed by atoms with van der Waals surface area (Å²) in [5, 5.41) is 13.4. The number of nitrogens with zero attached hydrogens (tertiary/aromatic N) is 5. The lowest BCUT2D eigenvalue weighted by Gasteiger charge is -2.12. The van der Waals surface area contributed by atoms with Gasteiger partial charge < -0.3 is 9.84 Å². The van der Waals surface area contributed by atoms with Crippen LogP contribution in [0.15, 0.2) is 59.4 Å². The van der Waals surface area contributed by atoms with Gasteiger partial charge in [0.15, 0.2) is 5.82 Å². The van der Waals surface area contributed by atoms with E-state index in [1.54, 1.807) is 10.9 Å². The Labute approximate surface area is 190 Å². The van der Waals surface area contributed by atoms with Crippen LogP contribution in [0, 0.1) is 13.8 Å². The molecule has 0 amide bonds. The molecule has 5 rings (SSSR count). The first-order valence-electron chi connectivity index (χ1n) is 10.2. The number of fused-ring (bicyclic) bond motifs is 1. The van der Waals surface area contributed by atoms with Crippen LogP contribution >= 0.6 is 11.6 Å². The van der Waals surface area contributed by atoms with Crippen molar-refractivity contribution in [3.05, 3.63) is 76.9 Å². The van der Waals surface area contributed by atoms with Gasteiger partial charge in [0.05, 0.1) is 23.0 Å². The van der Waals surface area contributed by atoms with Crippen LogP contribution < -0.4 is 5.32 Å². The first-order valence-corrected chi connectivity index (χ1v) is 10.6. The van der Waals surface area contributed by atoms with E-state index < -0.39 is 0 Å². The van der Waals surface area contributed by atoms with Crippen molar-refractivity contribution in [2.24, 2.45) is 7.05 Å². The number of anilines is 1.